The molecule has 1 unspecified atom stereocenters. The topological polar surface area (TPSA) is 60.7 Å². The monoisotopic (exact) mass is 326 g/mol. The third kappa shape index (κ3) is 3.49. The molecule has 0 aliphatic heterocycles. The number of hydrogen-bond acceptors (Lipinski definition) is 5. The predicted molar refractivity (Wildman–Crippen MR) is 78.8 cm³/mol. The summed E-state index contributed by atoms with van der Waals surface area (Å²) in [5.74, 6) is -2.02. The summed E-state index contributed by atoms with van der Waals surface area (Å²) in [6.45, 7) is 7.43. The fraction of sp³-hybridized carbons (Fsp3) is 0.429. The van der Waals surface area contributed by atoms with Gasteiger partial charge in [-0.1, -0.05) is 11.8 Å². The number of carbonyl (C=O) groups excluding carboxylic acids is 1. The fourth-order valence-corrected chi connectivity index (χ4v) is 2.84. The van der Waals surface area contributed by atoms with Crippen molar-refractivity contribution in [3.8, 4) is 0 Å². The van der Waals surface area contributed by atoms with Gasteiger partial charge in [0.05, 0.1) is 16.4 Å². The highest BCUT2D eigenvalue weighted by Gasteiger charge is 2.26. The van der Waals surface area contributed by atoms with Crippen molar-refractivity contribution in [3.63, 3.8) is 0 Å². The number of aromatic nitrogens is 4. The number of halogens is 2. The van der Waals surface area contributed by atoms with E-state index >= 15 is 0 Å². The normalized spacial score (nSPS) is 13.2. The zero-order chi connectivity index (χ0) is 16.5. The van der Waals surface area contributed by atoms with Crippen molar-refractivity contribution in [2.75, 3.05) is 0 Å². The summed E-state index contributed by atoms with van der Waals surface area (Å²) in [5.41, 5.74) is -0.480. The first-order chi connectivity index (χ1) is 10.2. The third-order valence-electron chi connectivity index (χ3n) is 2.92. The van der Waals surface area contributed by atoms with Gasteiger partial charge in [0.2, 0.25) is 5.16 Å². The summed E-state index contributed by atoms with van der Waals surface area (Å²) in [4.78, 5) is 12.3. The van der Waals surface area contributed by atoms with E-state index in [1.54, 1.807) is 11.6 Å². The molecular weight excluding hydrogens is 310 g/mol. The van der Waals surface area contributed by atoms with Gasteiger partial charge in [-0.05, 0) is 50.3 Å². The van der Waals surface area contributed by atoms with Crippen molar-refractivity contribution in [3.05, 3.63) is 35.4 Å². The Hall–Kier alpha value is -1.83. The fourth-order valence-electron chi connectivity index (χ4n) is 1.79. The number of Topliss-reactive ketones (excluding diaryl/α,β-unsaturated/α-hetero) is 1. The molecule has 0 aliphatic rings. The van der Waals surface area contributed by atoms with Crippen LogP contribution in [0.3, 0.4) is 0 Å². The molecule has 0 amide bonds. The first-order valence-electron chi connectivity index (χ1n) is 6.65. The lowest BCUT2D eigenvalue weighted by molar-refractivity contribution is 0.0989. The van der Waals surface area contributed by atoms with Crippen molar-refractivity contribution in [1.82, 2.24) is 20.2 Å². The van der Waals surface area contributed by atoms with E-state index in [2.05, 4.69) is 15.5 Å². The van der Waals surface area contributed by atoms with Crippen LogP contribution in [-0.4, -0.2) is 31.2 Å². The molecule has 5 nitrogen and oxygen atoms in total. The Kier molecular flexibility index (Phi) is 4.60. The number of benzene rings is 1. The first-order valence-corrected chi connectivity index (χ1v) is 7.53. The molecule has 2 aromatic rings. The Bertz CT molecular complexity index is 696. The molecule has 2 rings (SSSR count). The van der Waals surface area contributed by atoms with Gasteiger partial charge in [0.1, 0.15) is 11.6 Å². The SMILES string of the molecule is CC(Sc1nnnn1C(C)(C)C)C(=O)c1ccc(F)cc1F. The number of nitrogens with zero attached hydrogens (tertiary/aromatic N) is 4. The average Bonchev–Trinajstić information content (AvgIpc) is 2.86. The highest BCUT2D eigenvalue weighted by molar-refractivity contribution is 8.00. The molecule has 0 saturated heterocycles. The van der Waals surface area contributed by atoms with Gasteiger partial charge in [0.25, 0.3) is 0 Å². The maximum absolute atomic E-state index is 13.7. The number of carbonyl (C=O) groups is 1. The molecule has 8 heteroatoms. The Morgan fingerprint density at radius 3 is 2.59 bits per heavy atom. The lowest BCUT2D eigenvalue weighted by Gasteiger charge is -2.20. The minimum atomic E-state index is -0.868. The second-order valence-electron chi connectivity index (χ2n) is 5.79. The van der Waals surface area contributed by atoms with Crippen LogP contribution >= 0.6 is 11.8 Å². The van der Waals surface area contributed by atoms with Gasteiger partial charge in [-0.15, -0.1) is 5.10 Å². The summed E-state index contributed by atoms with van der Waals surface area (Å²) >= 11 is 1.14. The molecule has 22 heavy (non-hydrogen) atoms. The van der Waals surface area contributed by atoms with Gasteiger partial charge in [0.15, 0.2) is 5.78 Å². The molecule has 1 aromatic carbocycles. The predicted octanol–water partition coefficient (Wildman–Crippen LogP) is 3.07. The molecule has 118 valence electrons. The Morgan fingerprint density at radius 1 is 1.32 bits per heavy atom. The molecule has 0 radical (unpaired) electrons. The average molecular weight is 326 g/mol. The van der Waals surface area contributed by atoms with E-state index in [4.69, 9.17) is 0 Å². The first kappa shape index (κ1) is 16.5. The van der Waals surface area contributed by atoms with Crippen molar-refractivity contribution in [2.24, 2.45) is 0 Å². The van der Waals surface area contributed by atoms with Crippen molar-refractivity contribution < 1.29 is 13.6 Å². The van der Waals surface area contributed by atoms with Crippen molar-refractivity contribution >= 4 is 17.5 Å². The van der Waals surface area contributed by atoms with Crippen LogP contribution in [0.4, 0.5) is 8.78 Å². The maximum atomic E-state index is 13.7. The molecule has 1 aromatic heterocycles. The van der Waals surface area contributed by atoms with Gasteiger partial charge in [-0.3, -0.25) is 4.79 Å². The lowest BCUT2D eigenvalue weighted by Crippen LogP contribution is -2.25. The summed E-state index contributed by atoms with van der Waals surface area (Å²) in [7, 11) is 0. The largest absolute Gasteiger partial charge is 0.293 e. The summed E-state index contributed by atoms with van der Waals surface area (Å²) < 4.78 is 28.2. The minimum Gasteiger partial charge on any atom is -0.293 e. The maximum Gasteiger partial charge on any atom is 0.210 e. The molecule has 0 N–H and O–H groups in total. The van der Waals surface area contributed by atoms with E-state index in [1.165, 1.54) is 0 Å². The molecular formula is C14H16F2N4OS. The Morgan fingerprint density at radius 2 is 2.00 bits per heavy atom. The molecule has 0 saturated carbocycles. The van der Waals surface area contributed by atoms with Gasteiger partial charge >= 0.3 is 0 Å². The number of thioether (sulfide) groups is 1. The highest BCUT2D eigenvalue weighted by Crippen LogP contribution is 2.27. The molecule has 1 atom stereocenters. The van der Waals surface area contributed by atoms with E-state index in [1.807, 2.05) is 20.8 Å². The number of hydrogen-bond donors (Lipinski definition) is 0. The zero-order valence-corrected chi connectivity index (χ0v) is 13.5. The minimum absolute atomic E-state index is 0.142. The highest BCUT2D eigenvalue weighted by atomic mass is 32.2. The molecule has 0 spiro atoms. The van der Waals surface area contributed by atoms with Crippen LogP contribution in [0.5, 0.6) is 0 Å². The van der Waals surface area contributed by atoms with Crippen LogP contribution in [0.25, 0.3) is 0 Å². The standard InChI is InChI=1S/C14H16F2N4OS/c1-8(12(21)10-6-5-9(15)7-11(10)16)22-13-17-18-19-20(13)14(2,3)4/h5-8H,1-4H3. The van der Waals surface area contributed by atoms with Crippen LogP contribution < -0.4 is 0 Å². The Balaban J connectivity index is 2.21. The van der Waals surface area contributed by atoms with E-state index in [9.17, 15) is 13.6 Å². The Labute approximate surface area is 131 Å². The lowest BCUT2D eigenvalue weighted by atomic mass is 10.1. The van der Waals surface area contributed by atoms with E-state index in [0.29, 0.717) is 11.2 Å². The number of rotatable bonds is 4. The number of ketones is 1. The van der Waals surface area contributed by atoms with Crippen LogP contribution in [0, 0.1) is 11.6 Å². The molecule has 0 aliphatic carbocycles. The second kappa shape index (κ2) is 6.12. The summed E-state index contributed by atoms with van der Waals surface area (Å²) in [6.07, 6.45) is 0. The van der Waals surface area contributed by atoms with Crippen LogP contribution in [0.1, 0.15) is 38.1 Å². The van der Waals surface area contributed by atoms with E-state index in [0.717, 1.165) is 23.9 Å². The molecule has 1 heterocycles. The van der Waals surface area contributed by atoms with Gasteiger partial charge < -0.3 is 0 Å². The summed E-state index contributed by atoms with van der Waals surface area (Å²) in [6, 6.07) is 2.91. The zero-order valence-electron chi connectivity index (χ0n) is 12.7. The third-order valence-corrected chi connectivity index (χ3v) is 3.96. The van der Waals surface area contributed by atoms with Gasteiger partial charge in [-0.25, -0.2) is 13.5 Å². The van der Waals surface area contributed by atoms with Crippen LogP contribution in [0.15, 0.2) is 23.4 Å². The van der Waals surface area contributed by atoms with Crippen molar-refractivity contribution in [2.45, 2.75) is 43.6 Å². The summed E-state index contributed by atoms with van der Waals surface area (Å²) in [5, 5.41) is 11.3. The molecule has 0 bridgehead atoms. The van der Waals surface area contributed by atoms with Crippen LogP contribution in [-0.2, 0) is 5.54 Å². The van der Waals surface area contributed by atoms with Crippen molar-refractivity contribution in [1.29, 1.82) is 0 Å². The van der Waals surface area contributed by atoms with Crippen LogP contribution in [0.2, 0.25) is 0 Å². The van der Waals surface area contributed by atoms with E-state index in [-0.39, 0.29) is 11.1 Å². The smallest absolute Gasteiger partial charge is 0.210 e. The van der Waals surface area contributed by atoms with Gasteiger partial charge in [-0.2, -0.15) is 0 Å². The van der Waals surface area contributed by atoms with Gasteiger partial charge in [0, 0.05) is 6.07 Å². The van der Waals surface area contributed by atoms with E-state index < -0.39 is 22.7 Å². The number of tetrazole rings is 1. The second-order valence-corrected chi connectivity index (χ2v) is 7.10. The molecule has 0 fully saturated rings. The quantitative estimate of drug-likeness (QED) is 0.638.